The first kappa shape index (κ1) is 28.5. The standard InChI is InChI=1S/C34H52O6/c1-30(2)22(27(35)36)18-23(30)28(37)40-26-13-16-33(6)24(31(26,3)4)12-15-32(5)20-11-17-34(29(38)39)14-7-8-21(34)19(20)9-10-25(32)33/h19-26H,7-18H2,1-6H3,(H,35,36)(H,38,39)/t19?,20?,21?,22?,23?,24?,25?,26-,32-,33-,34-/m0/s1. The zero-order valence-electron chi connectivity index (χ0n) is 25.6. The molecule has 6 rings (SSSR count). The van der Waals surface area contributed by atoms with Crippen LogP contribution in [0.3, 0.4) is 0 Å². The van der Waals surface area contributed by atoms with E-state index < -0.39 is 28.7 Å². The van der Waals surface area contributed by atoms with Crippen molar-refractivity contribution in [2.75, 3.05) is 0 Å². The molecule has 224 valence electrons. The molecule has 0 radical (unpaired) electrons. The van der Waals surface area contributed by atoms with E-state index in [1.807, 2.05) is 13.8 Å². The fourth-order valence-electron chi connectivity index (χ4n) is 12.7. The Morgan fingerprint density at radius 2 is 1.38 bits per heavy atom. The van der Waals surface area contributed by atoms with Crippen molar-refractivity contribution in [3.05, 3.63) is 0 Å². The van der Waals surface area contributed by atoms with E-state index in [1.165, 1.54) is 19.3 Å². The van der Waals surface area contributed by atoms with Crippen molar-refractivity contribution in [3.8, 4) is 0 Å². The lowest BCUT2D eigenvalue weighted by Crippen LogP contribution is -2.64. The van der Waals surface area contributed by atoms with Crippen molar-refractivity contribution in [1.29, 1.82) is 0 Å². The van der Waals surface area contributed by atoms with E-state index in [1.54, 1.807) is 0 Å². The summed E-state index contributed by atoms with van der Waals surface area (Å²) < 4.78 is 6.31. The van der Waals surface area contributed by atoms with Gasteiger partial charge in [0.25, 0.3) is 0 Å². The van der Waals surface area contributed by atoms with E-state index in [2.05, 4.69) is 27.7 Å². The Labute approximate surface area is 240 Å². The van der Waals surface area contributed by atoms with Gasteiger partial charge in [-0.15, -0.1) is 0 Å². The van der Waals surface area contributed by atoms with Crippen molar-refractivity contribution in [2.24, 2.45) is 68.5 Å². The molecule has 0 aliphatic heterocycles. The molecule has 0 aromatic carbocycles. The van der Waals surface area contributed by atoms with Gasteiger partial charge in [-0.05, 0) is 116 Å². The Bertz CT molecular complexity index is 1090. The number of carbonyl (C=O) groups excluding carboxylic acids is 1. The normalized spacial score (nSPS) is 50.2. The van der Waals surface area contributed by atoms with Gasteiger partial charge in [0.05, 0.1) is 17.3 Å². The van der Waals surface area contributed by atoms with Gasteiger partial charge in [-0.3, -0.25) is 14.4 Å². The van der Waals surface area contributed by atoms with Crippen molar-refractivity contribution in [3.63, 3.8) is 0 Å². The molecule has 0 aromatic rings. The average molecular weight is 557 g/mol. The van der Waals surface area contributed by atoms with Gasteiger partial charge in [-0.2, -0.15) is 0 Å². The van der Waals surface area contributed by atoms with Crippen molar-refractivity contribution < 1.29 is 29.3 Å². The minimum Gasteiger partial charge on any atom is -0.481 e. The van der Waals surface area contributed by atoms with Crippen molar-refractivity contribution in [1.82, 2.24) is 0 Å². The van der Waals surface area contributed by atoms with Crippen LogP contribution in [-0.4, -0.2) is 34.2 Å². The highest BCUT2D eigenvalue weighted by atomic mass is 16.5. The van der Waals surface area contributed by atoms with Crippen LogP contribution >= 0.6 is 0 Å². The lowest BCUT2D eigenvalue weighted by Gasteiger charge is -2.69. The molecule has 6 aliphatic rings. The molecule has 0 spiro atoms. The maximum Gasteiger partial charge on any atom is 0.309 e. The summed E-state index contributed by atoms with van der Waals surface area (Å²) in [5, 5.41) is 19.8. The van der Waals surface area contributed by atoms with Crippen LogP contribution in [-0.2, 0) is 19.1 Å². The van der Waals surface area contributed by atoms with Gasteiger partial charge < -0.3 is 14.9 Å². The molecule has 0 amide bonds. The number of carboxylic acids is 2. The number of carbonyl (C=O) groups is 3. The number of aliphatic carboxylic acids is 2. The molecule has 0 aromatic heterocycles. The molecule has 40 heavy (non-hydrogen) atoms. The maximum atomic E-state index is 13.3. The maximum absolute atomic E-state index is 13.3. The SMILES string of the molecule is CC1(C)C(C(=O)O)CC1C(=O)O[C@H]1CC[C@@]2(C)C(CC[C@@]3(C)C4CC[C@@]5(C(=O)O)CCCC5C4CCC32)C1(C)C. The summed E-state index contributed by atoms with van der Waals surface area (Å²) in [6, 6.07) is 0. The first-order valence-corrected chi connectivity index (χ1v) is 16.3. The third kappa shape index (κ3) is 3.61. The molecule has 0 bridgehead atoms. The largest absolute Gasteiger partial charge is 0.481 e. The van der Waals surface area contributed by atoms with Crippen molar-refractivity contribution >= 4 is 17.9 Å². The minimum absolute atomic E-state index is 0.136. The lowest BCUT2D eigenvalue weighted by molar-refractivity contribution is -0.227. The van der Waals surface area contributed by atoms with Gasteiger partial charge in [0, 0.05) is 5.41 Å². The quantitative estimate of drug-likeness (QED) is 0.355. The fraction of sp³-hybridized carbons (Fsp3) is 0.912. The lowest BCUT2D eigenvalue weighted by atomic mass is 9.36. The Hall–Kier alpha value is -1.59. The number of carboxylic acid groups (broad SMARTS) is 2. The first-order valence-electron chi connectivity index (χ1n) is 16.3. The van der Waals surface area contributed by atoms with E-state index >= 15 is 0 Å². The second-order valence-corrected chi connectivity index (χ2v) is 16.8. The first-order chi connectivity index (χ1) is 18.6. The molecule has 6 saturated carbocycles. The summed E-state index contributed by atoms with van der Waals surface area (Å²) in [6.07, 6.45) is 11.8. The van der Waals surface area contributed by atoms with Crippen LogP contribution < -0.4 is 0 Å². The van der Waals surface area contributed by atoms with Crippen LogP contribution in [0.25, 0.3) is 0 Å². The zero-order chi connectivity index (χ0) is 29.0. The molecule has 0 saturated heterocycles. The Morgan fingerprint density at radius 1 is 0.675 bits per heavy atom. The predicted molar refractivity (Wildman–Crippen MR) is 151 cm³/mol. The van der Waals surface area contributed by atoms with Crippen LogP contribution in [0.2, 0.25) is 0 Å². The number of hydrogen-bond donors (Lipinski definition) is 2. The molecule has 2 N–H and O–H groups in total. The summed E-state index contributed by atoms with van der Waals surface area (Å²) in [4.78, 5) is 37.4. The second kappa shape index (κ2) is 8.96. The fourth-order valence-corrected chi connectivity index (χ4v) is 12.7. The smallest absolute Gasteiger partial charge is 0.309 e. The molecule has 7 unspecified atom stereocenters. The van der Waals surface area contributed by atoms with E-state index in [4.69, 9.17) is 4.74 Å². The van der Waals surface area contributed by atoms with Gasteiger partial charge in [-0.25, -0.2) is 0 Å². The topological polar surface area (TPSA) is 101 Å². The van der Waals surface area contributed by atoms with Gasteiger partial charge in [0.15, 0.2) is 0 Å². The highest BCUT2D eigenvalue weighted by Crippen LogP contribution is 2.73. The summed E-state index contributed by atoms with van der Waals surface area (Å²) in [5.41, 5.74) is -0.736. The third-order valence-corrected chi connectivity index (χ3v) is 15.0. The molecule has 0 heterocycles. The van der Waals surface area contributed by atoms with E-state index in [9.17, 15) is 24.6 Å². The molecule has 6 fully saturated rings. The van der Waals surface area contributed by atoms with E-state index in [0.717, 1.165) is 51.4 Å². The number of hydrogen-bond acceptors (Lipinski definition) is 4. The average Bonchev–Trinajstić information content (AvgIpc) is 3.31. The number of fused-ring (bicyclic) bond motifs is 7. The molecular weight excluding hydrogens is 504 g/mol. The Morgan fingerprint density at radius 3 is 2.02 bits per heavy atom. The third-order valence-electron chi connectivity index (χ3n) is 15.0. The Kier molecular flexibility index (Phi) is 6.39. The van der Waals surface area contributed by atoms with E-state index in [-0.39, 0.29) is 34.2 Å². The number of esters is 1. The molecular formula is C34H52O6. The number of rotatable bonds is 4. The summed E-state index contributed by atoms with van der Waals surface area (Å²) in [7, 11) is 0. The number of ether oxygens (including phenoxy) is 1. The monoisotopic (exact) mass is 556 g/mol. The zero-order valence-corrected chi connectivity index (χ0v) is 25.6. The van der Waals surface area contributed by atoms with Crippen LogP contribution in [0.4, 0.5) is 0 Å². The molecule has 6 heteroatoms. The van der Waals surface area contributed by atoms with Gasteiger partial charge in [-0.1, -0.05) is 48.0 Å². The van der Waals surface area contributed by atoms with Crippen molar-refractivity contribution in [2.45, 2.75) is 125 Å². The highest BCUT2D eigenvalue weighted by molar-refractivity contribution is 5.81. The predicted octanol–water partition coefficient (Wildman–Crippen LogP) is 7.20. The second-order valence-electron chi connectivity index (χ2n) is 16.8. The summed E-state index contributed by atoms with van der Waals surface area (Å²) in [6.45, 7) is 13.5. The van der Waals surface area contributed by atoms with Crippen LogP contribution in [0, 0.1) is 68.5 Å². The Balaban J connectivity index is 1.20. The van der Waals surface area contributed by atoms with Gasteiger partial charge in [0.2, 0.25) is 0 Å². The van der Waals surface area contributed by atoms with Crippen LogP contribution in [0.15, 0.2) is 0 Å². The van der Waals surface area contributed by atoms with Crippen LogP contribution in [0.1, 0.15) is 119 Å². The van der Waals surface area contributed by atoms with Crippen LogP contribution in [0.5, 0.6) is 0 Å². The van der Waals surface area contributed by atoms with Gasteiger partial charge in [0.1, 0.15) is 6.10 Å². The molecule has 6 aliphatic carbocycles. The summed E-state index contributed by atoms with van der Waals surface area (Å²) in [5.74, 6) is 0.247. The molecule has 11 atom stereocenters. The van der Waals surface area contributed by atoms with Gasteiger partial charge >= 0.3 is 17.9 Å². The summed E-state index contributed by atoms with van der Waals surface area (Å²) >= 11 is 0. The highest BCUT2D eigenvalue weighted by Gasteiger charge is 2.68. The molecule has 6 nitrogen and oxygen atoms in total. The van der Waals surface area contributed by atoms with E-state index in [0.29, 0.717) is 36.0 Å². The minimum atomic E-state index is -0.817.